The molecule has 0 saturated heterocycles. The summed E-state index contributed by atoms with van der Waals surface area (Å²) in [4.78, 5) is 13.0. The van der Waals surface area contributed by atoms with Crippen LogP contribution in [0.3, 0.4) is 0 Å². The van der Waals surface area contributed by atoms with Crippen molar-refractivity contribution >= 4 is 32.7 Å². The van der Waals surface area contributed by atoms with Crippen LogP contribution in [0.15, 0.2) is 47.5 Å². The molecule has 5 heteroatoms. The molecule has 0 radical (unpaired) electrons. The van der Waals surface area contributed by atoms with Crippen molar-refractivity contribution in [3.63, 3.8) is 0 Å². The van der Waals surface area contributed by atoms with E-state index in [2.05, 4.69) is 68.2 Å². The molecule has 0 aliphatic rings. The van der Waals surface area contributed by atoms with E-state index >= 15 is 0 Å². The van der Waals surface area contributed by atoms with E-state index in [-0.39, 0.29) is 0 Å². The number of pyridine rings is 1. The summed E-state index contributed by atoms with van der Waals surface area (Å²) in [6.07, 6.45) is 6.37. The number of anilines is 1. The molecular weight excluding hydrogens is 352 g/mol. The summed E-state index contributed by atoms with van der Waals surface area (Å²) in [6.45, 7) is 5.35. The van der Waals surface area contributed by atoms with E-state index in [1.807, 2.05) is 12.3 Å². The van der Waals surface area contributed by atoms with Gasteiger partial charge in [-0.3, -0.25) is 4.98 Å². The topological polar surface area (TPSA) is 50.7 Å². The minimum Gasteiger partial charge on any atom is -0.369 e. The van der Waals surface area contributed by atoms with Crippen LogP contribution in [0, 0.1) is 5.92 Å². The maximum Gasteiger partial charge on any atom is 0.137 e. The van der Waals surface area contributed by atoms with Crippen LogP contribution in [0.25, 0.3) is 22.0 Å². The minimum absolute atomic E-state index is 0.666. The summed E-state index contributed by atoms with van der Waals surface area (Å²) < 4.78 is 0.967. The lowest BCUT2D eigenvalue weighted by Crippen LogP contribution is -2.06. The van der Waals surface area contributed by atoms with Crippen LogP contribution in [0.5, 0.6) is 0 Å². The summed E-state index contributed by atoms with van der Waals surface area (Å²) in [7, 11) is 0. The van der Waals surface area contributed by atoms with Crippen LogP contribution in [-0.4, -0.2) is 21.5 Å². The Morgan fingerprint density at radius 3 is 2.74 bits per heavy atom. The summed E-state index contributed by atoms with van der Waals surface area (Å²) in [5.41, 5.74) is 3.12. The van der Waals surface area contributed by atoms with E-state index in [4.69, 9.17) is 0 Å². The lowest BCUT2D eigenvalue weighted by Gasteiger charge is -2.11. The van der Waals surface area contributed by atoms with Gasteiger partial charge in [0.25, 0.3) is 0 Å². The van der Waals surface area contributed by atoms with E-state index < -0.39 is 0 Å². The highest BCUT2D eigenvalue weighted by molar-refractivity contribution is 9.10. The molecule has 0 amide bonds. The third-order valence-electron chi connectivity index (χ3n) is 3.69. The first-order valence-electron chi connectivity index (χ1n) is 7.73. The lowest BCUT2D eigenvalue weighted by molar-refractivity contribution is 0.607. The summed E-state index contributed by atoms with van der Waals surface area (Å²) in [6, 6.07) is 8.28. The molecule has 118 valence electrons. The molecule has 4 nitrogen and oxygen atoms in total. The third-order valence-corrected chi connectivity index (χ3v) is 4.12. The Bertz CT molecular complexity index is 817. The SMILES string of the molecule is CC(C)CCNc1ncnc2ccc(-c3cncc(Br)c3)cc12. The molecule has 0 aliphatic heterocycles. The first-order valence-corrected chi connectivity index (χ1v) is 8.52. The standard InChI is InChI=1S/C18H19BrN4/c1-12(2)5-6-21-18-16-8-13(3-4-17(16)22-11-23-18)14-7-15(19)10-20-9-14/h3-4,7-12H,5-6H2,1-2H3,(H,21,22,23). The van der Waals surface area contributed by atoms with Crippen LogP contribution in [0.2, 0.25) is 0 Å². The number of aromatic nitrogens is 3. The van der Waals surface area contributed by atoms with Crippen molar-refractivity contribution in [1.82, 2.24) is 15.0 Å². The number of rotatable bonds is 5. The number of benzene rings is 1. The predicted molar refractivity (Wildman–Crippen MR) is 98.4 cm³/mol. The molecule has 0 bridgehead atoms. The van der Waals surface area contributed by atoms with E-state index in [0.29, 0.717) is 5.92 Å². The van der Waals surface area contributed by atoms with Crippen LogP contribution in [-0.2, 0) is 0 Å². The molecule has 0 aliphatic carbocycles. The number of nitrogens with one attached hydrogen (secondary N) is 1. The average molecular weight is 371 g/mol. The zero-order valence-electron chi connectivity index (χ0n) is 13.3. The van der Waals surface area contributed by atoms with Crippen LogP contribution < -0.4 is 5.32 Å². The second kappa shape index (κ2) is 7.04. The van der Waals surface area contributed by atoms with Crippen molar-refractivity contribution in [2.45, 2.75) is 20.3 Å². The minimum atomic E-state index is 0.666. The molecular formula is C18H19BrN4. The largest absolute Gasteiger partial charge is 0.369 e. The van der Waals surface area contributed by atoms with Gasteiger partial charge in [-0.2, -0.15) is 0 Å². The third kappa shape index (κ3) is 3.85. The zero-order chi connectivity index (χ0) is 16.2. The van der Waals surface area contributed by atoms with Crippen LogP contribution in [0.4, 0.5) is 5.82 Å². The first-order chi connectivity index (χ1) is 11.1. The van der Waals surface area contributed by atoms with Gasteiger partial charge in [-0.05, 0) is 52.0 Å². The van der Waals surface area contributed by atoms with Crippen molar-refractivity contribution in [2.75, 3.05) is 11.9 Å². The molecule has 0 unspecified atom stereocenters. The fraction of sp³-hybridized carbons (Fsp3) is 0.278. The number of nitrogens with zero attached hydrogens (tertiary/aromatic N) is 3. The Morgan fingerprint density at radius 1 is 1.09 bits per heavy atom. The van der Waals surface area contributed by atoms with Crippen LogP contribution in [0.1, 0.15) is 20.3 Å². The van der Waals surface area contributed by atoms with Crippen LogP contribution >= 0.6 is 15.9 Å². The Hall–Kier alpha value is -2.01. The molecule has 23 heavy (non-hydrogen) atoms. The van der Waals surface area contributed by atoms with Gasteiger partial charge in [-0.25, -0.2) is 9.97 Å². The van der Waals surface area contributed by atoms with Gasteiger partial charge in [-0.15, -0.1) is 0 Å². The molecule has 3 rings (SSSR count). The predicted octanol–water partition coefficient (Wildman–Crippen LogP) is 4.91. The monoisotopic (exact) mass is 370 g/mol. The molecule has 0 fully saturated rings. The van der Waals surface area contributed by atoms with Crippen molar-refractivity contribution in [1.29, 1.82) is 0 Å². The summed E-state index contributed by atoms with van der Waals surface area (Å²) in [5, 5.41) is 4.47. The van der Waals surface area contributed by atoms with Gasteiger partial charge in [-0.1, -0.05) is 19.9 Å². The Balaban J connectivity index is 1.97. The molecule has 0 spiro atoms. The molecule has 2 heterocycles. The molecule has 2 aromatic heterocycles. The highest BCUT2D eigenvalue weighted by atomic mass is 79.9. The zero-order valence-corrected chi connectivity index (χ0v) is 14.8. The number of fused-ring (bicyclic) bond motifs is 1. The molecule has 0 saturated carbocycles. The molecule has 1 aromatic carbocycles. The van der Waals surface area contributed by atoms with Gasteiger partial charge in [0.05, 0.1) is 5.52 Å². The maximum atomic E-state index is 4.41. The summed E-state index contributed by atoms with van der Waals surface area (Å²) in [5.74, 6) is 1.55. The number of halogens is 1. The quantitative estimate of drug-likeness (QED) is 0.692. The van der Waals surface area contributed by atoms with Crippen molar-refractivity contribution in [3.05, 3.63) is 47.5 Å². The second-order valence-electron chi connectivity index (χ2n) is 5.96. The highest BCUT2D eigenvalue weighted by Crippen LogP contribution is 2.27. The smallest absolute Gasteiger partial charge is 0.137 e. The molecule has 3 aromatic rings. The fourth-order valence-corrected chi connectivity index (χ4v) is 2.79. The Labute approximate surface area is 144 Å². The fourth-order valence-electron chi connectivity index (χ4n) is 2.43. The first kappa shape index (κ1) is 15.9. The number of hydrogen-bond donors (Lipinski definition) is 1. The highest BCUT2D eigenvalue weighted by Gasteiger charge is 2.07. The van der Waals surface area contributed by atoms with Crippen molar-refractivity contribution < 1.29 is 0 Å². The van der Waals surface area contributed by atoms with Gasteiger partial charge < -0.3 is 5.32 Å². The average Bonchev–Trinajstić information content (AvgIpc) is 2.54. The maximum absolute atomic E-state index is 4.41. The van der Waals surface area contributed by atoms with Gasteiger partial charge in [0, 0.05) is 34.4 Å². The Morgan fingerprint density at radius 2 is 1.96 bits per heavy atom. The van der Waals surface area contributed by atoms with Gasteiger partial charge >= 0.3 is 0 Å². The normalized spacial score (nSPS) is 11.1. The van der Waals surface area contributed by atoms with E-state index in [1.54, 1.807) is 12.5 Å². The second-order valence-corrected chi connectivity index (χ2v) is 6.87. The van der Waals surface area contributed by atoms with E-state index in [1.165, 1.54) is 0 Å². The van der Waals surface area contributed by atoms with Gasteiger partial charge in [0.1, 0.15) is 12.1 Å². The lowest BCUT2D eigenvalue weighted by atomic mass is 10.1. The van der Waals surface area contributed by atoms with Crippen molar-refractivity contribution in [2.24, 2.45) is 5.92 Å². The van der Waals surface area contributed by atoms with E-state index in [0.717, 1.165) is 45.3 Å². The molecule has 1 N–H and O–H groups in total. The summed E-state index contributed by atoms with van der Waals surface area (Å²) >= 11 is 3.47. The van der Waals surface area contributed by atoms with Gasteiger partial charge in [0.15, 0.2) is 0 Å². The van der Waals surface area contributed by atoms with E-state index in [9.17, 15) is 0 Å². The number of hydrogen-bond acceptors (Lipinski definition) is 4. The van der Waals surface area contributed by atoms with Crippen molar-refractivity contribution in [3.8, 4) is 11.1 Å². The molecule has 0 atom stereocenters. The Kier molecular flexibility index (Phi) is 4.86. The van der Waals surface area contributed by atoms with Gasteiger partial charge in [0.2, 0.25) is 0 Å².